The molecule has 1 aromatic rings. The van der Waals surface area contributed by atoms with Crippen LogP contribution in [0, 0.1) is 11.3 Å². The zero-order chi connectivity index (χ0) is 11.5. The zero-order valence-corrected chi connectivity index (χ0v) is 9.77. The molecule has 3 heteroatoms. The van der Waals surface area contributed by atoms with E-state index in [1.807, 2.05) is 6.07 Å². The maximum Gasteiger partial charge on any atom is 0.140 e. The Morgan fingerprint density at radius 2 is 1.80 bits per heavy atom. The van der Waals surface area contributed by atoms with Crippen LogP contribution in [0.4, 0.5) is 0 Å². The first-order valence-electron chi connectivity index (χ1n) is 5.31. The Balaban J connectivity index is 0.000000265. The quantitative estimate of drug-likeness (QED) is 0.760. The Morgan fingerprint density at radius 1 is 1.20 bits per heavy atom. The Labute approximate surface area is 92.4 Å². The van der Waals surface area contributed by atoms with Gasteiger partial charge in [0, 0.05) is 6.20 Å². The molecule has 0 radical (unpaired) electrons. The van der Waals surface area contributed by atoms with Crippen molar-refractivity contribution in [1.82, 2.24) is 9.88 Å². The predicted octanol–water partition coefficient (Wildman–Crippen LogP) is 2.30. The van der Waals surface area contributed by atoms with Crippen LogP contribution < -0.4 is 0 Å². The normalized spacial score (nSPS) is 9.00. The summed E-state index contributed by atoms with van der Waals surface area (Å²) in [5.41, 5.74) is 0.465. The minimum absolute atomic E-state index is 0.465. The van der Waals surface area contributed by atoms with Crippen molar-refractivity contribution in [2.75, 3.05) is 19.6 Å². The molecule has 1 rings (SSSR count). The standard InChI is InChI=1S/C6H4N2.C6H15N/c7-5-6-3-1-2-4-8-6;1-4-7(5-2)6-3/h1-4H;4-6H2,1-3H3. The van der Waals surface area contributed by atoms with Crippen molar-refractivity contribution in [3.63, 3.8) is 0 Å². The fourth-order valence-corrected chi connectivity index (χ4v) is 1.10. The van der Waals surface area contributed by atoms with Gasteiger partial charge in [0.2, 0.25) is 0 Å². The van der Waals surface area contributed by atoms with Crippen molar-refractivity contribution in [1.29, 1.82) is 5.26 Å². The van der Waals surface area contributed by atoms with Crippen LogP contribution in [0.5, 0.6) is 0 Å². The fraction of sp³-hybridized carbons (Fsp3) is 0.500. The predicted molar refractivity (Wildman–Crippen MR) is 62.4 cm³/mol. The van der Waals surface area contributed by atoms with Crippen LogP contribution in [0.15, 0.2) is 24.4 Å². The summed E-state index contributed by atoms with van der Waals surface area (Å²) in [7, 11) is 0. The molecule has 0 amide bonds. The van der Waals surface area contributed by atoms with Crippen LogP contribution >= 0.6 is 0 Å². The molecule has 0 atom stereocenters. The molecule has 0 unspecified atom stereocenters. The van der Waals surface area contributed by atoms with E-state index in [2.05, 4.69) is 30.7 Å². The summed E-state index contributed by atoms with van der Waals surface area (Å²) >= 11 is 0. The second-order valence-electron chi connectivity index (χ2n) is 2.95. The topological polar surface area (TPSA) is 39.9 Å². The molecule has 15 heavy (non-hydrogen) atoms. The van der Waals surface area contributed by atoms with Gasteiger partial charge in [0.25, 0.3) is 0 Å². The van der Waals surface area contributed by atoms with Gasteiger partial charge in [0.1, 0.15) is 11.8 Å². The molecule has 0 aliphatic carbocycles. The lowest BCUT2D eigenvalue weighted by molar-refractivity contribution is 0.321. The molecule has 0 saturated heterocycles. The molecule has 0 N–H and O–H groups in total. The Kier molecular flexibility index (Phi) is 8.31. The average Bonchev–Trinajstić information content (AvgIpc) is 2.33. The van der Waals surface area contributed by atoms with Crippen molar-refractivity contribution in [2.24, 2.45) is 0 Å². The number of hydrogen-bond donors (Lipinski definition) is 0. The SMILES string of the molecule is CCN(CC)CC.N#Cc1ccccn1. The summed E-state index contributed by atoms with van der Waals surface area (Å²) in [6, 6.07) is 7.14. The van der Waals surface area contributed by atoms with Crippen molar-refractivity contribution in [3.05, 3.63) is 30.1 Å². The molecule has 0 aromatic carbocycles. The first-order valence-corrected chi connectivity index (χ1v) is 5.31. The molecule has 0 saturated carbocycles. The summed E-state index contributed by atoms with van der Waals surface area (Å²) in [6.07, 6.45) is 1.60. The molecule has 0 aliphatic heterocycles. The molecular formula is C12H19N3. The largest absolute Gasteiger partial charge is 0.304 e. The Hall–Kier alpha value is -1.40. The lowest BCUT2D eigenvalue weighted by Gasteiger charge is -2.13. The minimum atomic E-state index is 0.465. The summed E-state index contributed by atoms with van der Waals surface area (Å²) < 4.78 is 0. The number of rotatable bonds is 3. The molecule has 0 spiro atoms. The van der Waals surface area contributed by atoms with Gasteiger partial charge in [-0.25, -0.2) is 4.98 Å². The summed E-state index contributed by atoms with van der Waals surface area (Å²) in [5, 5.41) is 8.23. The summed E-state index contributed by atoms with van der Waals surface area (Å²) in [6.45, 7) is 10.1. The van der Waals surface area contributed by atoms with E-state index in [1.54, 1.807) is 24.4 Å². The molecule has 3 nitrogen and oxygen atoms in total. The second-order valence-corrected chi connectivity index (χ2v) is 2.95. The maximum atomic E-state index is 8.23. The van der Waals surface area contributed by atoms with Gasteiger partial charge in [-0.05, 0) is 31.8 Å². The molecule has 0 bridgehead atoms. The van der Waals surface area contributed by atoms with Gasteiger partial charge in [-0.1, -0.05) is 26.8 Å². The summed E-state index contributed by atoms with van der Waals surface area (Å²) in [4.78, 5) is 6.11. The highest BCUT2D eigenvalue weighted by molar-refractivity contribution is 5.18. The maximum absolute atomic E-state index is 8.23. The van der Waals surface area contributed by atoms with Crippen LogP contribution in [0.2, 0.25) is 0 Å². The molecule has 0 fully saturated rings. The third kappa shape index (κ3) is 6.64. The van der Waals surface area contributed by atoms with E-state index in [4.69, 9.17) is 5.26 Å². The zero-order valence-electron chi connectivity index (χ0n) is 9.77. The Morgan fingerprint density at radius 3 is 2.00 bits per heavy atom. The van der Waals surface area contributed by atoms with E-state index in [-0.39, 0.29) is 0 Å². The Bertz CT molecular complexity index is 267. The van der Waals surface area contributed by atoms with Crippen molar-refractivity contribution < 1.29 is 0 Å². The highest BCUT2D eigenvalue weighted by Crippen LogP contribution is 1.87. The summed E-state index contributed by atoms with van der Waals surface area (Å²) in [5.74, 6) is 0. The van der Waals surface area contributed by atoms with Crippen LogP contribution in [-0.2, 0) is 0 Å². The molecular weight excluding hydrogens is 186 g/mol. The van der Waals surface area contributed by atoms with Crippen molar-refractivity contribution in [3.8, 4) is 6.07 Å². The third-order valence-corrected chi connectivity index (χ3v) is 2.12. The van der Waals surface area contributed by atoms with E-state index in [0.717, 1.165) is 0 Å². The van der Waals surface area contributed by atoms with Gasteiger partial charge in [0.05, 0.1) is 0 Å². The number of pyridine rings is 1. The molecule has 0 aliphatic rings. The van der Waals surface area contributed by atoms with Crippen LogP contribution in [0.1, 0.15) is 26.5 Å². The monoisotopic (exact) mass is 205 g/mol. The lowest BCUT2D eigenvalue weighted by atomic mass is 10.4. The number of nitriles is 1. The number of aromatic nitrogens is 1. The van der Waals surface area contributed by atoms with E-state index in [0.29, 0.717) is 5.69 Å². The number of hydrogen-bond acceptors (Lipinski definition) is 3. The lowest BCUT2D eigenvalue weighted by Crippen LogP contribution is -2.21. The first kappa shape index (κ1) is 13.6. The molecule has 1 heterocycles. The minimum Gasteiger partial charge on any atom is -0.304 e. The van der Waals surface area contributed by atoms with E-state index >= 15 is 0 Å². The molecule has 82 valence electrons. The van der Waals surface area contributed by atoms with E-state index in [9.17, 15) is 0 Å². The van der Waals surface area contributed by atoms with Crippen molar-refractivity contribution in [2.45, 2.75) is 20.8 Å². The van der Waals surface area contributed by atoms with Gasteiger partial charge in [-0.2, -0.15) is 5.26 Å². The molecule has 1 aromatic heterocycles. The van der Waals surface area contributed by atoms with Gasteiger partial charge >= 0.3 is 0 Å². The fourth-order valence-electron chi connectivity index (χ4n) is 1.10. The van der Waals surface area contributed by atoms with Crippen LogP contribution in [0.25, 0.3) is 0 Å². The number of nitrogens with zero attached hydrogens (tertiary/aromatic N) is 3. The van der Waals surface area contributed by atoms with Crippen LogP contribution in [-0.4, -0.2) is 29.5 Å². The van der Waals surface area contributed by atoms with Gasteiger partial charge in [-0.3, -0.25) is 0 Å². The second kappa shape index (κ2) is 9.17. The smallest absolute Gasteiger partial charge is 0.140 e. The van der Waals surface area contributed by atoms with Gasteiger partial charge in [-0.15, -0.1) is 0 Å². The highest BCUT2D eigenvalue weighted by Gasteiger charge is 1.89. The first-order chi connectivity index (χ1) is 7.28. The third-order valence-electron chi connectivity index (χ3n) is 2.12. The average molecular weight is 205 g/mol. The van der Waals surface area contributed by atoms with Crippen LogP contribution in [0.3, 0.4) is 0 Å². The van der Waals surface area contributed by atoms with Crippen molar-refractivity contribution >= 4 is 0 Å². The van der Waals surface area contributed by atoms with E-state index < -0.39 is 0 Å². The van der Waals surface area contributed by atoms with Gasteiger partial charge < -0.3 is 4.90 Å². The van der Waals surface area contributed by atoms with E-state index in [1.165, 1.54) is 19.6 Å². The van der Waals surface area contributed by atoms with Gasteiger partial charge in [0.15, 0.2) is 0 Å². The highest BCUT2D eigenvalue weighted by atomic mass is 15.1.